The Kier molecular flexibility index (Phi) is 3.41. The molecule has 2 aromatic rings. The minimum absolute atomic E-state index is 0.374. The topological polar surface area (TPSA) is 29.9 Å². The lowest BCUT2D eigenvalue weighted by atomic mass is 10.2. The van der Waals surface area contributed by atoms with Crippen LogP contribution >= 0.6 is 23.8 Å². The molecule has 18 heavy (non-hydrogen) atoms. The molecular weight excluding hydrogens is 268 g/mol. The third-order valence-corrected chi connectivity index (χ3v) is 4.07. The molecule has 1 unspecified atom stereocenters. The van der Waals surface area contributed by atoms with Crippen molar-refractivity contribution in [3.63, 3.8) is 0 Å². The minimum atomic E-state index is 0.374. The average molecular weight is 283 g/mol. The predicted octanol–water partition coefficient (Wildman–Crippen LogP) is 3.92. The first-order chi connectivity index (χ1) is 8.75. The van der Waals surface area contributed by atoms with Crippen LogP contribution in [0.2, 0.25) is 5.02 Å². The van der Waals surface area contributed by atoms with Gasteiger partial charge in [-0.1, -0.05) is 17.7 Å². The molecule has 1 saturated heterocycles. The summed E-state index contributed by atoms with van der Waals surface area (Å²) in [7, 11) is 0. The van der Waals surface area contributed by atoms with Gasteiger partial charge in [-0.05, 0) is 43.6 Å². The summed E-state index contributed by atoms with van der Waals surface area (Å²) in [5.74, 6) is 0. The van der Waals surface area contributed by atoms with Gasteiger partial charge in [-0.3, -0.25) is 0 Å². The summed E-state index contributed by atoms with van der Waals surface area (Å²) in [6.07, 6.45) is 3.69. The molecule has 1 aliphatic rings. The normalized spacial score (nSPS) is 19.7. The Morgan fingerprint density at radius 3 is 3.17 bits per heavy atom. The molecule has 96 valence electrons. The molecule has 0 amide bonds. The molecule has 3 rings (SSSR count). The first-order valence-corrected chi connectivity index (χ1v) is 7.03. The van der Waals surface area contributed by atoms with Gasteiger partial charge in [-0.15, -0.1) is 0 Å². The lowest BCUT2D eigenvalue weighted by Gasteiger charge is -2.10. The average Bonchev–Trinajstić information content (AvgIpc) is 2.94. The fourth-order valence-electron chi connectivity index (χ4n) is 2.53. The van der Waals surface area contributed by atoms with Crippen molar-refractivity contribution in [3.8, 4) is 0 Å². The number of aromatic amines is 1. The number of fused-ring (bicyclic) bond motifs is 1. The van der Waals surface area contributed by atoms with Crippen LogP contribution in [0.1, 0.15) is 19.3 Å². The number of nitrogens with zero attached hydrogens (tertiary/aromatic N) is 1. The number of hydrogen-bond donors (Lipinski definition) is 1. The maximum atomic E-state index is 6.25. The second kappa shape index (κ2) is 5.03. The molecule has 1 aromatic heterocycles. The standard InChI is InChI=1S/C13H15ClN2OS/c14-10-4-1-5-11-12(10)16(13(18)15-11)7-6-9-3-2-8-17-9/h1,4-5,9H,2-3,6-8H2,(H,15,18). The molecule has 0 bridgehead atoms. The zero-order valence-corrected chi connectivity index (χ0v) is 11.6. The molecule has 0 aliphatic carbocycles. The van der Waals surface area contributed by atoms with Crippen LogP contribution in [0.15, 0.2) is 18.2 Å². The number of aryl methyl sites for hydroxylation is 1. The highest BCUT2D eigenvalue weighted by Gasteiger charge is 2.16. The van der Waals surface area contributed by atoms with Crippen LogP contribution in [-0.2, 0) is 11.3 Å². The van der Waals surface area contributed by atoms with Gasteiger partial charge in [0.2, 0.25) is 0 Å². The van der Waals surface area contributed by atoms with Crippen LogP contribution in [0.3, 0.4) is 0 Å². The van der Waals surface area contributed by atoms with E-state index in [1.165, 1.54) is 6.42 Å². The number of para-hydroxylation sites is 1. The highest BCUT2D eigenvalue weighted by Crippen LogP contribution is 2.24. The van der Waals surface area contributed by atoms with Crippen molar-refractivity contribution in [1.82, 2.24) is 9.55 Å². The monoisotopic (exact) mass is 282 g/mol. The molecule has 1 atom stereocenters. The number of imidazole rings is 1. The van der Waals surface area contributed by atoms with E-state index in [1.54, 1.807) is 0 Å². The van der Waals surface area contributed by atoms with Gasteiger partial charge in [0.25, 0.3) is 0 Å². The summed E-state index contributed by atoms with van der Waals surface area (Å²) >= 11 is 11.6. The van der Waals surface area contributed by atoms with Crippen LogP contribution in [0.4, 0.5) is 0 Å². The summed E-state index contributed by atoms with van der Waals surface area (Å²) in [6.45, 7) is 1.75. The van der Waals surface area contributed by atoms with Crippen molar-refractivity contribution < 1.29 is 4.74 Å². The zero-order chi connectivity index (χ0) is 12.5. The van der Waals surface area contributed by atoms with Gasteiger partial charge in [0.15, 0.2) is 4.77 Å². The molecule has 0 spiro atoms. The highest BCUT2D eigenvalue weighted by atomic mass is 35.5. The van der Waals surface area contributed by atoms with Crippen LogP contribution in [0.25, 0.3) is 11.0 Å². The van der Waals surface area contributed by atoms with Gasteiger partial charge in [-0.2, -0.15) is 0 Å². The first kappa shape index (κ1) is 12.2. The zero-order valence-electron chi connectivity index (χ0n) is 9.99. The van der Waals surface area contributed by atoms with Crippen LogP contribution in [-0.4, -0.2) is 22.3 Å². The van der Waals surface area contributed by atoms with Gasteiger partial charge in [0, 0.05) is 13.2 Å². The number of aromatic nitrogens is 2. The summed E-state index contributed by atoms with van der Waals surface area (Å²) < 4.78 is 8.45. The number of nitrogens with one attached hydrogen (secondary N) is 1. The van der Waals surface area contributed by atoms with E-state index in [-0.39, 0.29) is 0 Å². The van der Waals surface area contributed by atoms with E-state index < -0.39 is 0 Å². The van der Waals surface area contributed by atoms with Gasteiger partial charge in [0.1, 0.15) is 0 Å². The molecule has 1 aliphatic heterocycles. The van der Waals surface area contributed by atoms with Gasteiger partial charge >= 0.3 is 0 Å². The number of rotatable bonds is 3. The summed E-state index contributed by atoms with van der Waals surface area (Å²) in [5.41, 5.74) is 2.00. The molecule has 1 fully saturated rings. The molecule has 5 heteroatoms. The fraction of sp³-hybridized carbons (Fsp3) is 0.462. The smallest absolute Gasteiger partial charge is 0.178 e. The van der Waals surface area contributed by atoms with Crippen LogP contribution < -0.4 is 0 Å². The van der Waals surface area contributed by atoms with Crippen molar-refractivity contribution in [3.05, 3.63) is 28.0 Å². The molecular formula is C13H15ClN2OS. The SMILES string of the molecule is S=c1[nH]c2cccc(Cl)c2n1CCC1CCCO1. The second-order valence-corrected chi connectivity index (χ2v) is 5.44. The van der Waals surface area contributed by atoms with Gasteiger partial charge in [0.05, 0.1) is 22.2 Å². The van der Waals surface area contributed by atoms with Crippen molar-refractivity contribution in [2.24, 2.45) is 0 Å². The molecule has 0 saturated carbocycles. The maximum Gasteiger partial charge on any atom is 0.178 e. The lowest BCUT2D eigenvalue weighted by Crippen LogP contribution is -2.10. The number of H-pyrrole nitrogens is 1. The Morgan fingerprint density at radius 1 is 1.50 bits per heavy atom. The predicted molar refractivity (Wildman–Crippen MR) is 75.7 cm³/mol. The third-order valence-electron chi connectivity index (χ3n) is 3.44. The second-order valence-electron chi connectivity index (χ2n) is 4.64. The first-order valence-electron chi connectivity index (χ1n) is 6.24. The molecule has 1 aromatic carbocycles. The van der Waals surface area contributed by atoms with E-state index in [2.05, 4.69) is 9.55 Å². The Bertz CT molecular complexity index is 613. The van der Waals surface area contributed by atoms with Crippen molar-refractivity contribution in [2.75, 3.05) is 6.61 Å². The lowest BCUT2D eigenvalue weighted by molar-refractivity contribution is 0.101. The van der Waals surface area contributed by atoms with Crippen LogP contribution in [0.5, 0.6) is 0 Å². The fourth-order valence-corrected chi connectivity index (χ4v) is 3.10. The quantitative estimate of drug-likeness (QED) is 0.865. The third kappa shape index (κ3) is 2.20. The Balaban J connectivity index is 1.90. The molecule has 1 N–H and O–H groups in total. The van der Waals surface area contributed by atoms with Crippen molar-refractivity contribution in [2.45, 2.75) is 31.9 Å². The van der Waals surface area contributed by atoms with E-state index in [9.17, 15) is 0 Å². The van der Waals surface area contributed by atoms with Gasteiger partial charge < -0.3 is 14.3 Å². The number of halogens is 1. The Hall–Kier alpha value is -0.840. The van der Waals surface area contributed by atoms with E-state index in [0.29, 0.717) is 6.10 Å². The summed E-state index contributed by atoms with van der Waals surface area (Å²) in [5, 5.41) is 0.743. The number of benzene rings is 1. The Labute approximate surface area is 116 Å². The van der Waals surface area contributed by atoms with E-state index in [0.717, 1.165) is 46.8 Å². The molecule has 3 nitrogen and oxygen atoms in total. The summed E-state index contributed by atoms with van der Waals surface area (Å²) in [6, 6.07) is 5.83. The van der Waals surface area contributed by atoms with E-state index >= 15 is 0 Å². The minimum Gasteiger partial charge on any atom is -0.378 e. The van der Waals surface area contributed by atoms with E-state index in [1.807, 2.05) is 18.2 Å². The molecule has 0 radical (unpaired) electrons. The highest BCUT2D eigenvalue weighted by molar-refractivity contribution is 7.71. The van der Waals surface area contributed by atoms with E-state index in [4.69, 9.17) is 28.6 Å². The van der Waals surface area contributed by atoms with Gasteiger partial charge in [-0.25, -0.2) is 0 Å². The number of ether oxygens (including phenoxy) is 1. The van der Waals surface area contributed by atoms with Crippen molar-refractivity contribution in [1.29, 1.82) is 0 Å². The molecule has 2 heterocycles. The Morgan fingerprint density at radius 2 is 2.39 bits per heavy atom. The number of hydrogen-bond acceptors (Lipinski definition) is 2. The van der Waals surface area contributed by atoms with Crippen molar-refractivity contribution >= 4 is 34.9 Å². The summed E-state index contributed by atoms with van der Waals surface area (Å²) in [4.78, 5) is 3.20. The maximum absolute atomic E-state index is 6.25. The van der Waals surface area contributed by atoms with Crippen LogP contribution in [0, 0.1) is 4.77 Å². The largest absolute Gasteiger partial charge is 0.378 e.